The van der Waals surface area contributed by atoms with E-state index < -0.39 is 73.2 Å². The number of hydrogen-bond acceptors (Lipinski definition) is 8. The van der Waals surface area contributed by atoms with Gasteiger partial charge in [-0.15, -0.1) is 6.58 Å². The van der Waals surface area contributed by atoms with Crippen LogP contribution in [0.3, 0.4) is 0 Å². The maximum absolute atomic E-state index is 14.5. The number of carbonyl (C=O) groups is 6. The second kappa shape index (κ2) is 16.9. The molecule has 0 radical (unpaired) electrons. The molecule has 0 spiro atoms. The molecule has 4 atom stereocenters. The largest absolute Gasteiger partial charge is 0.356 e. The zero-order chi connectivity index (χ0) is 38.4. The van der Waals surface area contributed by atoms with Gasteiger partial charge in [0.2, 0.25) is 23.5 Å². The lowest BCUT2D eigenvalue weighted by molar-refractivity contribution is -0.143. The fourth-order valence-electron chi connectivity index (χ4n) is 6.78. The number of sulfone groups is 1. The molecule has 14 nitrogen and oxygen atoms in total. The quantitative estimate of drug-likeness (QED) is 0.124. The number of carbonyl (C=O) groups excluding carboxylic acids is 6. The van der Waals surface area contributed by atoms with Gasteiger partial charge in [0.05, 0.1) is 22.1 Å². The van der Waals surface area contributed by atoms with Crippen molar-refractivity contribution >= 4 is 45.3 Å². The number of rotatable bonds is 15. The molecule has 3 rings (SSSR count). The first-order chi connectivity index (χ1) is 23.6. The SMILES string of the molecule is C=CCNC(=O)C(=O)C(CC1CC1)NC(=O)[C@@H]1C[C@@H](CNC(C)=O)CN1C(=O)[C@@H](NC(=O)NC1(CS(=O)(=O)C(C)(C)C)CCCCC1)C(C)(C)C. The van der Waals surface area contributed by atoms with Gasteiger partial charge in [0, 0.05) is 26.6 Å². The number of likely N-dealkylation sites (tertiary alicyclic amines) is 1. The molecule has 2 aliphatic carbocycles. The molecule has 0 aromatic heterocycles. The Bertz CT molecular complexity index is 1440. The second-order valence-corrected chi connectivity index (χ2v) is 19.5. The van der Waals surface area contributed by atoms with Crippen molar-refractivity contribution in [1.82, 2.24) is 31.5 Å². The summed E-state index contributed by atoms with van der Waals surface area (Å²) in [6, 6.07) is -3.93. The van der Waals surface area contributed by atoms with Crippen LogP contribution in [-0.4, -0.2) is 103 Å². The normalized spacial score (nSPS) is 21.8. The second-order valence-electron chi connectivity index (χ2n) is 16.8. The van der Waals surface area contributed by atoms with Crippen molar-refractivity contribution in [2.75, 3.05) is 25.4 Å². The van der Waals surface area contributed by atoms with E-state index in [1.807, 2.05) is 0 Å². The molecule has 6 amide bonds. The van der Waals surface area contributed by atoms with Crippen LogP contribution in [0.5, 0.6) is 0 Å². The summed E-state index contributed by atoms with van der Waals surface area (Å²) in [6.07, 6.45) is 7.07. The van der Waals surface area contributed by atoms with E-state index in [9.17, 15) is 37.2 Å². The summed E-state index contributed by atoms with van der Waals surface area (Å²) >= 11 is 0. The highest BCUT2D eigenvalue weighted by atomic mass is 32.2. The monoisotopic (exact) mass is 736 g/mol. The number of hydrogen-bond donors (Lipinski definition) is 5. The molecule has 0 aromatic carbocycles. The molecule has 2 saturated carbocycles. The van der Waals surface area contributed by atoms with E-state index in [0.29, 0.717) is 19.3 Å². The van der Waals surface area contributed by atoms with E-state index >= 15 is 0 Å². The molecule has 3 aliphatic rings. The topological polar surface area (TPSA) is 200 Å². The fourth-order valence-corrected chi connectivity index (χ4v) is 8.31. The van der Waals surface area contributed by atoms with Crippen molar-refractivity contribution in [1.29, 1.82) is 0 Å². The standard InChI is InChI=1S/C36H60N6O8S/c1-9-17-37-31(46)28(44)26(18-24-13-14-24)39-30(45)27-19-25(20-38-23(2)43)21-42(27)32(47)29(34(3,4)5)40-33(48)41-36(15-11-10-12-16-36)22-51(49,50)35(6,7)8/h9,24-27,29H,1,10-22H2,2-8H3,(H,37,46)(H,38,43)(H,39,45)(H2,40,41,48)/t25-,26?,27-,29+/m0/s1. The first-order valence-corrected chi connectivity index (χ1v) is 19.8. The van der Waals surface area contributed by atoms with Crippen LogP contribution in [-0.2, 0) is 33.8 Å². The molecule has 1 heterocycles. The lowest BCUT2D eigenvalue weighted by atomic mass is 9.83. The Morgan fingerprint density at radius 1 is 0.922 bits per heavy atom. The average Bonchev–Trinajstić information content (AvgIpc) is 3.74. The summed E-state index contributed by atoms with van der Waals surface area (Å²) in [4.78, 5) is 81.0. The van der Waals surface area contributed by atoms with Crippen molar-refractivity contribution in [3.05, 3.63) is 12.7 Å². The molecular formula is C36H60N6O8S. The molecular weight excluding hydrogens is 676 g/mol. The molecule has 1 aliphatic heterocycles. The smallest absolute Gasteiger partial charge is 0.315 e. The number of nitrogens with one attached hydrogen (secondary N) is 5. The summed E-state index contributed by atoms with van der Waals surface area (Å²) in [6.45, 7) is 15.6. The summed E-state index contributed by atoms with van der Waals surface area (Å²) < 4.78 is 25.6. The predicted octanol–water partition coefficient (Wildman–Crippen LogP) is 2.13. The zero-order valence-corrected chi connectivity index (χ0v) is 32.3. The highest BCUT2D eigenvalue weighted by Gasteiger charge is 2.47. The van der Waals surface area contributed by atoms with Crippen molar-refractivity contribution in [3.63, 3.8) is 0 Å². The lowest BCUT2D eigenvalue weighted by Crippen LogP contribution is -2.63. The van der Waals surface area contributed by atoms with Crippen LogP contribution in [0.2, 0.25) is 0 Å². The number of nitrogens with zero attached hydrogens (tertiary/aromatic N) is 1. The first kappa shape index (κ1) is 41.9. The third kappa shape index (κ3) is 11.8. The summed E-state index contributed by atoms with van der Waals surface area (Å²) in [5, 5.41) is 13.8. The molecule has 288 valence electrons. The fraction of sp³-hybridized carbons (Fsp3) is 0.778. The Balaban J connectivity index is 1.87. The van der Waals surface area contributed by atoms with Crippen LogP contribution in [0, 0.1) is 17.3 Å². The van der Waals surface area contributed by atoms with Crippen LogP contribution >= 0.6 is 0 Å². The van der Waals surface area contributed by atoms with Crippen molar-refractivity contribution in [3.8, 4) is 0 Å². The summed E-state index contributed by atoms with van der Waals surface area (Å²) in [5.74, 6) is -3.35. The Labute approximate surface area is 303 Å². The zero-order valence-electron chi connectivity index (χ0n) is 31.5. The molecule has 15 heteroatoms. The molecule has 1 unspecified atom stereocenters. The van der Waals surface area contributed by atoms with Gasteiger partial charge in [-0.1, -0.05) is 59.0 Å². The van der Waals surface area contributed by atoms with E-state index in [4.69, 9.17) is 0 Å². The van der Waals surface area contributed by atoms with Gasteiger partial charge in [-0.05, 0) is 63.7 Å². The molecule has 0 aromatic rings. The van der Waals surface area contributed by atoms with Crippen molar-refractivity contribution in [2.24, 2.45) is 17.3 Å². The van der Waals surface area contributed by atoms with E-state index in [1.54, 1.807) is 41.5 Å². The van der Waals surface area contributed by atoms with Gasteiger partial charge in [-0.3, -0.25) is 24.0 Å². The molecule has 5 N–H and O–H groups in total. The number of urea groups is 1. The van der Waals surface area contributed by atoms with Crippen LogP contribution in [0.4, 0.5) is 4.79 Å². The summed E-state index contributed by atoms with van der Waals surface area (Å²) in [7, 11) is -3.60. The van der Waals surface area contributed by atoms with Crippen molar-refractivity contribution < 1.29 is 37.2 Å². The minimum Gasteiger partial charge on any atom is -0.356 e. The molecule has 1 saturated heterocycles. The molecule has 0 bridgehead atoms. The molecule has 3 fully saturated rings. The van der Waals surface area contributed by atoms with Gasteiger partial charge in [-0.25, -0.2) is 13.2 Å². The van der Waals surface area contributed by atoms with E-state index in [2.05, 4.69) is 33.2 Å². The predicted molar refractivity (Wildman–Crippen MR) is 194 cm³/mol. The number of Topliss-reactive ketones (excluding diaryl/α,β-unsaturated/α-hetero) is 1. The maximum atomic E-state index is 14.5. The first-order valence-electron chi connectivity index (χ1n) is 18.2. The highest BCUT2D eigenvalue weighted by Crippen LogP contribution is 2.35. The number of ketones is 1. The minimum absolute atomic E-state index is 0.0900. The lowest BCUT2D eigenvalue weighted by Gasteiger charge is -2.41. The van der Waals surface area contributed by atoms with Crippen LogP contribution in [0.15, 0.2) is 12.7 Å². The van der Waals surface area contributed by atoms with Gasteiger partial charge < -0.3 is 31.5 Å². The van der Waals surface area contributed by atoms with E-state index in [1.165, 1.54) is 17.9 Å². The van der Waals surface area contributed by atoms with Crippen LogP contribution in [0.1, 0.15) is 106 Å². The Kier molecular flexibility index (Phi) is 13.9. The average molecular weight is 737 g/mol. The van der Waals surface area contributed by atoms with Gasteiger partial charge in [0.1, 0.15) is 12.1 Å². The van der Waals surface area contributed by atoms with E-state index in [-0.39, 0.29) is 49.6 Å². The third-order valence-electron chi connectivity index (χ3n) is 10.1. The van der Waals surface area contributed by atoms with Gasteiger partial charge in [0.15, 0.2) is 9.84 Å². The van der Waals surface area contributed by atoms with Gasteiger partial charge >= 0.3 is 6.03 Å². The van der Waals surface area contributed by atoms with Gasteiger partial charge in [0.25, 0.3) is 5.91 Å². The van der Waals surface area contributed by atoms with E-state index in [0.717, 1.165) is 32.1 Å². The Morgan fingerprint density at radius 3 is 2.08 bits per heavy atom. The molecule has 51 heavy (non-hydrogen) atoms. The Hall–Kier alpha value is -3.49. The van der Waals surface area contributed by atoms with Crippen LogP contribution in [0.25, 0.3) is 0 Å². The maximum Gasteiger partial charge on any atom is 0.315 e. The minimum atomic E-state index is -3.60. The van der Waals surface area contributed by atoms with Crippen molar-refractivity contribution in [2.45, 2.75) is 135 Å². The highest BCUT2D eigenvalue weighted by molar-refractivity contribution is 7.92. The third-order valence-corrected chi connectivity index (χ3v) is 12.9. The summed E-state index contributed by atoms with van der Waals surface area (Å²) in [5.41, 5.74) is -1.84. The van der Waals surface area contributed by atoms with Crippen LogP contribution < -0.4 is 26.6 Å². The van der Waals surface area contributed by atoms with Gasteiger partial charge in [-0.2, -0.15) is 0 Å². The number of amides is 6. The Morgan fingerprint density at radius 2 is 1.55 bits per heavy atom.